The number of hydrogen-bond acceptors (Lipinski definition) is 5. The Morgan fingerprint density at radius 2 is 2.14 bits per heavy atom. The van der Waals surface area contributed by atoms with Gasteiger partial charge in [0.15, 0.2) is 5.69 Å². The highest BCUT2D eigenvalue weighted by Gasteiger charge is 2.31. The summed E-state index contributed by atoms with van der Waals surface area (Å²) in [5.41, 5.74) is 2.93. The summed E-state index contributed by atoms with van der Waals surface area (Å²) in [5, 5.41) is 8.33. The third-order valence-electron chi connectivity index (χ3n) is 6.00. The summed E-state index contributed by atoms with van der Waals surface area (Å²) >= 11 is 0. The largest absolute Gasteiger partial charge is 0.465 e. The molecule has 0 unspecified atom stereocenters. The van der Waals surface area contributed by atoms with Gasteiger partial charge in [-0.25, -0.2) is 0 Å². The highest BCUT2D eigenvalue weighted by atomic mass is 16.3. The summed E-state index contributed by atoms with van der Waals surface area (Å²) in [4.78, 5) is 17.5. The highest BCUT2D eigenvalue weighted by molar-refractivity contribution is 5.94. The van der Waals surface area contributed by atoms with Gasteiger partial charge in [-0.1, -0.05) is 6.08 Å². The molecule has 1 N–H and O–H groups in total. The first-order valence-electron chi connectivity index (χ1n) is 10.5. The zero-order valence-electron chi connectivity index (χ0n) is 17.5. The molecule has 7 nitrogen and oxygen atoms in total. The Bertz CT molecular complexity index is 876. The minimum Gasteiger partial charge on any atom is -0.465 e. The van der Waals surface area contributed by atoms with Crippen molar-refractivity contribution in [1.29, 1.82) is 0 Å². The molecule has 1 saturated heterocycles. The zero-order valence-corrected chi connectivity index (χ0v) is 17.5. The fourth-order valence-corrected chi connectivity index (χ4v) is 4.29. The lowest BCUT2D eigenvalue weighted by molar-refractivity contribution is 0.0656. The number of rotatable bonds is 6. The number of aromatic nitrogens is 2. The molecule has 1 amide bonds. The number of carbonyl (C=O) groups is 1. The van der Waals surface area contributed by atoms with Gasteiger partial charge in [-0.3, -0.25) is 9.48 Å². The molecule has 4 rings (SSSR count). The Hall–Kier alpha value is -2.38. The van der Waals surface area contributed by atoms with E-state index >= 15 is 0 Å². The maximum absolute atomic E-state index is 13.3. The summed E-state index contributed by atoms with van der Waals surface area (Å²) in [5.74, 6) is 1.95. The van der Waals surface area contributed by atoms with E-state index < -0.39 is 0 Å². The molecule has 1 fully saturated rings. The Morgan fingerprint density at radius 3 is 2.83 bits per heavy atom. The lowest BCUT2D eigenvalue weighted by atomic mass is 9.91. The van der Waals surface area contributed by atoms with E-state index in [0.717, 1.165) is 62.5 Å². The molecule has 2 aliphatic rings. The van der Waals surface area contributed by atoms with Gasteiger partial charge in [-0.2, -0.15) is 5.10 Å². The van der Waals surface area contributed by atoms with Crippen molar-refractivity contribution >= 4 is 5.91 Å². The third-order valence-corrected chi connectivity index (χ3v) is 6.00. The molecular formula is C22H31N5O2. The normalized spacial score (nSPS) is 19.9. The smallest absolute Gasteiger partial charge is 0.274 e. The predicted octanol–water partition coefficient (Wildman–Crippen LogP) is 2.01. The van der Waals surface area contributed by atoms with E-state index in [0.29, 0.717) is 24.8 Å². The Kier molecular flexibility index (Phi) is 5.87. The molecule has 2 aromatic rings. The molecule has 156 valence electrons. The monoisotopic (exact) mass is 397 g/mol. The van der Waals surface area contributed by atoms with Crippen LogP contribution in [0, 0.1) is 6.92 Å². The van der Waals surface area contributed by atoms with Crippen LogP contribution < -0.4 is 5.32 Å². The second-order valence-electron chi connectivity index (χ2n) is 8.17. The Labute approximate surface area is 172 Å². The van der Waals surface area contributed by atoms with Gasteiger partial charge in [0.2, 0.25) is 0 Å². The van der Waals surface area contributed by atoms with E-state index in [1.54, 1.807) is 0 Å². The van der Waals surface area contributed by atoms with Crippen molar-refractivity contribution < 1.29 is 9.21 Å². The van der Waals surface area contributed by atoms with Crippen LogP contribution in [-0.2, 0) is 25.9 Å². The summed E-state index contributed by atoms with van der Waals surface area (Å²) in [6, 6.07) is 4.32. The minimum absolute atomic E-state index is 0.0690. The number of furan rings is 1. The van der Waals surface area contributed by atoms with Crippen LogP contribution in [0.15, 0.2) is 29.2 Å². The van der Waals surface area contributed by atoms with Crippen LogP contribution in [0.1, 0.15) is 39.7 Å². The Balaban J connectivity index is 1.51. The molecule has 7 heteroatoms. The second kappa shape index (κ2) is 8.55. The van der Waals surface area contributed by atoms with Crippen molar-refractivity contribution in [3.8, 4) is 0 Å². The van der Waals surface area contributed by atoms with E-state index in [1.165, 1.54) is 5.69 Å². The summed E-state index contributed by atoms with van der Waals surface area (Å²) in [7, 11) is 2.10. The maximum atomic E-state index is 13.3. The average Bonchev–Trinajstić information content (AvgIpc) is 3.30. The number of fused-ring (bicyclic) bond motifs is 1. The van der Waals surface area contributed by atoms with Crippen LogP contribution in [-0.4, -0.2) is 64.8 Å². The summed E-state index contributed by atoms with van der Waals surface area (Å²) in [6.45, 7) is 10.5. The van der Waals surface area contributed by atoms with Crippen molar-refractivity contribution in [3.05, 3.63) is 53.3 Å². The van der Waals surface area contributed by atoms with Gasteiger partial charge in [0.25, 0.3) is 5.91 Å². The SMILES string of the molecule is C=CCn1nc(C(=O)N2CCN(C)CC2)c2c1CC[C@H](NCc1ccc(C)o1)C2. The lowest BCUT2D eigenvalue weighted by Gasteiger charge is -2.32. The van der Waals surface area contributed by atoms with Crippen molar-refractivity contribution in [2.75, 3.05) is 33.2 Å². The number of amides is 1. The van der Waals surface area contributed by atoms with E-state index in [1.807, 2.05) is 34.7 Å². The number of allylic oxidation sites excluding steroid dienone is 1. The standard InChI is InChI=1S/C22H31N5O2/c1-4-9-27-20-8-6-17(23-15-18-7-5-16(2)29-18)14-19(20)21(24-27)22(28)26-12-10-25(3)11-13-26/h4-5,7,17,23H,1,6,8-15H2,2-3H3/t17-/m0/s1. The molecule has 2 aromatic heterocycles. The van der Waals surface area contributed by atoms with Crippen LogP contribution in [0.2, 0.25) is 0 Å². The van der Waals surface area contributed by atoms with Gasteiger partial charge in [-0.15, -0.1) is 6.58 Å². The molecule has 0 radical (unpaired) electrons. The molecule has 0 aromatic carbocycles. The number of aryl methyl sites for hydroxylation is 1. The number of likely N-dealkylation sites (N-methyl/N-ethyl adjacent to an activating group) is 1. The highest BCUT2D eigenvalue weighted by Crippen LogP contribution is 2.26. The van der Waals surface area contributed by atoms with Crippen molar-refractivity contribution in [2.24, 2.45) is 0 Å². The first kappa shape index (κ1) is 19.9. The van der Waals surface area contributed by atoms with E-state index in [2.05, 4.69) is 23.8 Å². The summed E-state index contributed by atoms with van der Waals surface area (Å²) < 4.78 is 7.65. The molecule has 29 heavy (non-hydrogen) atoms. The van der Waals surface area contributed by atoms with E-state index in [9.17, 15) is 4.79 Å². The predicted molar refractivity (Wildman–Crippen MR) is 112 cm³/mol. The maximum Gasteiger partial charge on any atom is 0.274 e. The van der Waals surface area contributed by atoms with Crippen LogP contribution in [0.3, 0.4) is 0 Å². The van der Waals surface area contributed by atoms with Gasteiger partial charge < -0.3 is 19.5 Å². The quantitative estimate of drug-likeness (QED) is 0.756. The van der Waals surface area contributed by atoms with Crippen LogP contribution in [0.4, 0.5) is 0 Å². The van der Waals surface area contributed by atoms with Crippen molar-refractivity contribution in [2.45, 2.75) is 45.3 Å². The average molecular weight is 398 g/mol. The second-order valence-corrected chi connectivity index (χ2v) is 8.17. The molecule has 1 aliphatic heterocycles. The number of nitrogens with zero attached hydrogens (tertiary/aromatic N) is 4. The van der Waals surface area contributed by atoms with Crippen LogP contribution >= 0.6 is 0 Å². The number of nitrogens with one attached hydrogen (secondary N) is 1. The lowest BCUT2D eigenvalue weighted by Crippen LogP contribution is -2.47. The molecule has 3 heterocycles. The first-order valence-corrected chi connectivity index (χ1v) is 10.5. The Morgan fingerprint density at radius 1 is 1.34 bits per heavy atom. The van der Waals surface area contributed by atoms with E-state index in [-0.39, 0.29) is 5.91 Å². The number of hydrogen-bond donors (Lipinski definition) is 1. The molecule has 0 saturated carbocycles. The third kappa shape index (κ3) is 4.31. The van der Waals surface area contributed by atoms with Crippen molar-refractivity contribution in [1.82, 2.24) is 24.9 Å². The van der Waals surface area contributed by atoms with Gasteiger partial charge in [0.05, 0.1) is 13.1 Å². The van der Waals surface area contributed by atoms with Gasteiger partial charge in [0, 0.05) is 43.5 Å². The van der Waals surface area contributed by atoms with Crippen LogP contribution in [0.25, 0.3) is 0 Å². The molecule has 0 spiro atoms. The fraction of sp³-hybridized carbons (Fsp3) is 0.545. The van der Waals surface area contributed by atoms with Gasteiger partial charge in [0.1, 0.15) is 11.5 Å². The first-order chi connectivity index (χ1) is 14.0. The zero-order chi connectivity index (χ0) is 20.4. The van der Waals surface area contributed by atoms with Crippen LogP contribution in [0.5, 0.6) is 0 Å². The summed E-state index contributed by atoms with van der Waals surface area (Å²) in [6.07, 6.45) is 4.61. The molecule has 1 atom stereocenters. The van der Waals surface area contributed by atoms with E-state index in [4.69, 9.17) is 9.52 Å². The molecule has 1 aliphatic carbocycles. The number of carbonyl (C=O) groups excluding carboxylic acids is 1. The van der Waals surface area contributed by atoms with Gasteiger partial charge >= 0.3 is 0 Å². The molecular weight excluding hydrogens is 366 g/mol. The van der Waals surface area contributed by atoms with Crippen molar-refractivity contribution in [3.63, 3.8) is 0 Å². The number of piperazine rings is 1. The van der Waals surface area contributed by atoms with Gasteiger partial charge in [-0.05, 0) is 45.4 Å². The molecule has 0 bridgehead atoms. The fourth-order valence-electron chi connectivity index (χ4n) is 4.29. The topological polar surface area (TPSA) is 66.5 Å². The minimum atomic E-state index is 0.0690.